The smallest absolute Gasteiger partial charge is 0.00229 e. The van der Waals surface area contributed by atoms with Gasteiger partial charge >= 0.3 is 0 Å². The second-order valence-electron chi connectivity index (χ2n) is 3.47. The van der Waals surface area contributed by atoms with Gasteiger partial charge in [-0.2, -0.15) is 0 Å². The van der Waals surface area contributed by atoms with Crippen LogP contribution in [0.4, 0.5) is 0 Å². The zero-order chi connectivity index (χ0) is 10.8. The molecule has 0 bridgehead atoms. The van der Waals surface area contributed by atoms with Gasteiger partial charge in [-0.15, -0.1) is 11.8 Å². The van der Waals surface area contributed by atoms with Crippen molar-refractivity contribution in [1.29, 1.82) is 0 Å². The predicted molar refractivity (Wildman–Crippen MR) is 68.3 cm³/mol. The van der Waals surface area contributed by atoms with Gasteiger partial charge < -0.3 is 0 Å². The minimum absolute atomic E-state index is 1.21. The van der Waals surface area contributed by atoms with Crippen LogP contribution in [0.25, 0.3) is 0 Å². The number of allylic oxidation sites excluding steroid dienone is 4. The monoisotopic (exact) mass is 208 g/mol. The van der Waals surface area contributed by atoms with E-state index >= 15 is 0 Å². The van der Waals surface area contributed by atoms with E-state index in [2.05, 4.69) is 39.5 Å². The second kappa shape index (κ2) is 8.97. The van der Waals surface area contributed by atoms with Crippen molar-refractivity contribution < 1.29 is 0 Å². The largest absolute Gasteiger partial charge is 0.130 e. The van der Waals surface area contributed by atoms with E-state index in [1.165, 1.54) is 29.1 Å². The number of hydrogen-bond acceptors (Lipinski definition) is 1. The molecule has 0 aromatic rings. The van der Waals surface area contributed by atoms with Crippen LogP contribution in [0.2, 0.25) is 0 Å². The first-order valence-electron chi connectivity index (χ1n) is 5.10. The molecule has 0 saturated carbocycles. The van der Waals surface area contributed by atoms with Crippen molar-refractivity contribution in [2.75, 3.05) is 5.75 Å². The Morgan fingerprint density at radius 2 is 1.79 bits per heavy atom. The molecule has 0 aliphatic heterocycles. The molecule has 1 heteroatoms. The highest BCUT2D eigenvalue weighted by atomic mass is 32.2. The molecule has 0 nitrogen and oxygen atoms in total. The van der Waals surface area contributed by atoms with Crippen molar-refractivity contribution in [3.63, 3.8) is 0 Å². The summed E-state index contributed by atoms with van der Waals surface area (Å²) in [5.41, 5.74) is 1.25. The van der Waals surface area contributed by atoms with Crippen LogP contribution in [0.1, 0.15) is 40.5 Å². The van der Waals surface area contributed by atoms with E-state index in [1.807, 2.05) is 23.9 Å². The topological polar surface area (TPSA) is 0 Å². The molecule has 0 aliphatic rings. The van der Waals surface area contributed by atoms with E-state index in [4.69, 9.17) is 0 Å². The summed E-state index contributed by atoms with van der Waals surface area (Å²) >= 11 is 1.90. The quantitative estimate of drug-likeness (QED) is 0.487. The van der Waals surface area contributed by atoms with Crippen LogP contribution in [-0.4, -0.2) is 5.75 Å². The third-order valence-corrected chi connectivity index (χ3v) is 2.61. The molecule has 0 aromatic carbocycles. The fraction of sp³-hybridized carbons (Fsp3) is 0.538. The molecule has 0 N–H and O–H groups in total. The summed E-state index contributed by atoms with van der Waals surface area (Å²) in [4.78, 5) is 1.31. The molecule has 0 fully saturated rings. The highest BCUT2D eigenvalue weighted by molar-refractivity contribution is 8.03. The zero-order valence-electron chi connectivity index (χ0n) is 9.68. The predicted octanol–water partition coefficient (Wildman–Crippen LogP) is 4.39. The van der Waals surface area contributed by atoms with Crippen LogP contribution in [0.3, 0.4) is 0 Å². The van der Waals surface area contributed by atoms with Gasteiger partial charge in [0.25, 0.3) is 0 Å². The normalized spacial score (nSPS) is 10.4. The lowest BCUT2D eigenvalue weighted by molar-refractivity contribution is 0.897. The molecule has 0 heterocycles. The highest BCUT2D eigenvalue weighted by Crippen LogP contribution is 2.15. The van der Waals surface area contributed by atoms with E-state index in [1.54, 1.807) is 0 Å². The van der Waals surface area contributed by atoms with Gasteiger partial charge in [-0.05, 0) is 50.0 Å². The SMILES string of the molecule is CCCCSC(C)=CC#CC=C(C)C. The summed E-state index contributed by atoms with van der Waals surface area (Å²) in [6, 6.07) is 0. The Labute approximate surface area is 92.9 Å². The maximum Gasteiger partial charge on any atom is -0.00229 e. The van der Waals surface area contributed by atoms with Crippen LogP contribution < -0.4 is 0 Å². The van der Waals surface area contributed by atoms with E-state index in [0.29, 0.717) is 0 Å². The molecule has 0 rings (SSSR count). The number of thioether (sulfide) groups is 1. The van der Waals surface area contributed by atoms with Crippen LogP contribution in [0.5, 0.6) is 0 Å². The standard InChI is InChI=1S/C13H20S/c1-5-6-11-14-13(4)10-8-7-9-12(2)3/h9-10H,5-6,11H2,1-4H3. The van der Waals surface area contributed by atoms with Gasteiger partial charge in [0.05, 0.1) is 0 Å². The van der Waals surface area contributed by atoms with Gasteiger partial charge in [0.1, 0.15) is 0 Å². The lowest BCUT2D eigenvalue weighted by Crippen LogP contribution is -1.76. The van der Waals surface area contributed by atoms with E-state index in [-0.39, 0.29) is 0 Å². The molecular formula is C13H20S. The van der Waals surface area contributed by atoms with Gasteiger partial charge in [-0.1, -0.05) is 30.8 Å². The number of hydrogen-bond donors (Lipinski definition) is 0. The molecule has 0 unspecified atom stereocenters. The molecule has 0 aromatic heterocycles. The van der Waals surface area contributed by atoms with Crippen LogP contribution in [0, 0.1) is 11.8 Å². The second-order valence-corrected chi connectivity index (χ2v) is 4.81. The van der Waals surface area contributed by atoms with Gasteiger partial charge in [0, 0.05) is 0 Å². The molecule has 0 radical (unpaired) electrons. The highest BCUT2D eigenvalue weighted by Gasteiger charge is 1.88. The lowest BCUT2D eigenvalue weighted by atomic mass is 10.3. The maximum absolute atomic E-state index is 3.03. The fourth-order valence-corrected chi connectivity index (χ4v) is 1.65. The molecule has 0 atom stereocenters. The molecule has 78 valence electrons. The molecule has 0 aliphatic carbocycles. The van der Waals surface area contributed by atoms with Crippen molar-refractivity contribution in [1.82, 2.24) is 0 Å². The Kier molecular flexibility index (Phi) is 8.57. The molecule has 0 saturated heterocycles. The summed E-state index contributed by atoms with van der Waals surface area (Å²) in [5.74, 6) is 7.25. The summed E-state index contributed by atoms with van der Waals surface area (Å²) in [7, 11) is 0. The first-order chi connectivity index (χ1) is 6.66. The molecule has 0 spiro atoms. The Morgan fingerprint density at radius 1 is 1.14 bits per heavy atom. The van der Waals surface area contributed by atoms with Gasteiger partial charge in [0.2, 0.25) is 0 Å². The Hall–Kier alpha value is -0.610. The maximum atomic E-state index is 3.03. The fourth-order valence-electron chi connectivity index (χ4n) is 0.748. The summed E-state index contributed by atoms with van der Waals surface area (Å²) in [6.45, 7) is 8.45. The molecule has 14 heavy (non-hydrogen) atoms. The van der Waals surface area contributed by atoms with Crippen LogP contribution in [-0.2, 0) is 0 Å². The van der Waals surface area contributed by atoms with Crippen molar-refractivity contribution in [3.8, 4) is 11.8 Å². The van der Waals surface area contributed by atoms with Gasteiger partial charge in [-0.3, -0.25) is 0 Å². The Bertz CT molecular complexity index is 257. The van der Waals surface area contributed by atoms with Gasteiger partial charge in [0.15, 0.2) is 0 Å². The third kappa shape index (κ3) is 9.48. The van der Waals surface area contributed by atoms with Crippen LogP contribution in [0.15, 0.2) is 22.6 Å². The Balaban J connectivity index is 3.85. The average Bonchev–Trinajstić information content (AvgIpc) is 2.13. The first kappa shape index (κ1) is 13.4. The zero-order valence-corrected chi connectivity index (χ0v) is 10.5. The summed E-state index contributed by atoms with van der Waals surface area (Å²) < 4.78 is 0. The first-order valence-corrected chi connectivity index (χ1v) is 6.09. The summed E-state index contributed by atoms with van der Waals surface area (Å²) in [5, 5.41) is 0. The van der Waals surface area contributed by atoms with Crippen molar-refractivity contribution in [2.24, 2.45) is 0 Å². The number of rotatable bonds is 4. The third-order valence-electron chi connectivity index (χ3n) is 1.55. The van der Waals surface area contributed by atoms with E-state index in [0.717, 1.165) is 0 Å². The van der Waals surface area contributed by atoms with E-state index < -0.39 is 0 Å². The minimum Gasteiger partial charge on any atom is -0.130 e. The lowest BCUT2D eigenvalue weighted by Gasteiger charge is -1.96. The summed E-state index contributed by atoms with van der Waals surface area (Å²) in [6.07, 6.45) is 6.50. The molecular weight excluding hydrogens is 188 g/mol. The Morgan fingerprint density at radius 3 is 2.36 bits per heavy atom. The molecule has 0 amide bonds. The minimum atomic E-state index is 1.21. The van der Waals surface area contributed by atoms with Crippen LogP contribution >= 0.6 is 11.8 Å². The van der Waals surface area contributed by atoms with Crippen molar-refractivity contribution in [2.45, 2.75) is 40.5 Å². The van der Waals surface area contributed by atoms with Crippen molar-refractivity contribution in [3.05, 3.63) is 22.6 Å². The van der Waals surface area contributed by atoms with Gasteiger partial charge in [-0.25, -0.2) is 0 Å². The van der Waals surface area contributed by atoms with Crippen molar-refractivity contribution >= 4 is 11.8 Å². The average molecular weight is 208 g/mol. The number of unbranched alkanes of at least 4 members (excludes halogenated alkanes) is 1. The van der Waals surface area contributed by atoms with E-state index in [9.17, 15) is 0 Å².